The summed E-state index contributed by atoms with van der Waals surface area (Å²) < 4.78 is 1.68. The van der Waals surface area contributed by atoms with Crippen molar-refractivity contribution in [2.75, 3.05) is 5.32 Å². The molecule has 0 spiro atoms. The van der Waals surface area contributed by atoms with Gasteiger partial charge in [-0.25, -0.2) is 0 Å². The highest BCUT2D eigenvalue weighted by atomic mass is 16.4. The zero-order valence-electron chi connectivity index (χ0n) is 12.9. The molecule has 0 bridgehead atoms. The van der Waals surface area contributed by atoms with Gasteiger partial charge in [0.15, 0.2) is 0 Å². The van der Waals surface area contributed by atoms with Gasteiger partial charge in [0, 0.05) is 29.2 Å². The Morgan fingerprint density at radius 2 is 2.09 bits per heavy atom. The van der Waals surface area contributed by atoms with E-state index in [0.29, 0.717) is 6.42 Å². The molecule has 2 N–H and O–H groups in total. The van der Waals surface area contributed by atoms with E-state index in [1.165, 1.54) is 18.4 Å². The highest BCUT2D eigenvalue weighted by Gasteiger charge is 2.10. The van der Waals surface area contributed by atoms with Crippen molar-refractivity contribution in [2.45, 2.75) is 38.6 Å². The number of hydrogen-bond donors (Lipinski definition) is 2. The topological polar surface area (TPSA) is 71.3 Å². The maximum Gasteiger partial charge on any atom is 0.323 e. The molecule has 1 aliphatic carbocycles. The monoisotopic (exact) mass is 312 g/mol. The minimum atomic E-state index is -0.874. The fraction of sp³-hybridized carbons (Fsp3) is 0.333. The highest BCUT2D eigenvalue weighted by molar-refractivity contribution is 5.95. The van der Waals surface area contributed by atoms with Crippen LogP contribution in [0.2, 0.25) is 0 Å². The van der Waals surface area contributed by atoms with E-state index >= 15 is 0 Å². The number of benzene rings is 1. The van der Waals surface area contributed by atoms with Crippen molar-refractivity contribution in [3.63, 3.8) is 0 Å². The molecule has 0 saturated heterocycles. The molecule has 1 amide bonds. The maximum atomic E-state index is 12.1. The van der Waals surface area contributed by atoms with Crippen LogP contribution in [-0.4, -0.2) is 21.6 Å². The van der Waals surface area contributed by atoms with Gasteiger partial charge in [-0.3, -0.25) is 9.59 Å². The lowest BCUT2D eigenvalue weighted by molar-refractivity contribution is -0.137. The number of fused-ring (bicyclic) bond motifs is 1. The number of carboxylic acid groups (broad SMARTS) is 1. The Hall–Kier alpha value is -2.56. The van der Waals surface area contributed by atoms with E-state index < -0.39 is 5.97 Å². The van der Waals surface area contributed by atoms with Gasteiger partial charge in [-0.1, -0.05) is 11.6 Å². The molecule has 5 nitrogen and oxygen atoms in total. The molecule has 1 aromatic heterocycles. The van der Waals surface area contributed by atoms with Gasteiger partial charge < -0.3 is 15.0 Å². The second-order valence-corrected chi connectivity index (χ2v) is 5.94. The van der Waals surface area contributed by atoms with Crippen molar-refractivity contribution >= 4 is 28.5 Å². The summed E-state index contributed by atoms with van der Waals surface area (Å²) in [6.07, 6.45) is 8.86. The van der Waals surface area contributed by atoms with Crippen molar-refractivity contribution < 1.29 is 14.7 Å². The van der Waals surface area contributed by atoms with Gasteiger partial charge in [0.2, 0.25) is 5.91 Å². The summed E-state index contributed by atoms with van der Waals surface area (Å²) in [5, 5.41) is 12.7. The first-order valence-corrected chi connectivity index (χ1v) is 7.90. The molecule has 2 aromatic rings. The Kier molecular flexibility index (Phi) is 4.46. The number of carbonyl (C=O) groups is 2. The van der Waals surface area contributed by atoms with E-state index in [2.05, 4.69) is 11.4 Å². The first kappa shape index (κ1) is 15.3. The zero-order valence-corrected chi connectivity index (χ0v) is 12.9. The van der Waals surface area contributed by atoms with E-state index in [-0.39, 0.29) is 12.5 Å². The summed E-state index contributed by atoms with van der Waals surface area (Å²) in [5.74, 6) is -0.872. The highest BCUT2D eigenvalue weighted by Crippen LogP contribution is 2.23. The average Bonchev–Trinajstić information content (AvgIpc) is 2.90. The van der Waals surface area contributed by atoms with E-state index in [4.69, 9.17) is 5.11 Å². The molecule has 23 heavy (non-hydrogen) atoms. The summed E-state index contributed by atoms with van der Waals surface area (Å²) in [5.41, 5.74) is 2.81. The Morgan fingerprint density at radius 3 is 2.83 bits per heavy atom. The molecular weight excluding hydrogens is 292 g/mol. The lowest BCUT2D eigenvalue weighted by Gasteiger charge is -2.12. The Labute approximate surface area is 134 Å². The number of aromatic nitrogens is 1. The molecule has 0 saturated carbocycles. The number of amides is 1. The molecule has 0 aliphatic heterocycles. The SMILES string of the molecule is O=C(O)Cn1ccc2cc(NC(=O)CC3=CCCCC3)ccc21. The van der Waals surface area contributed by atoms with Crippen LogP contribution in [0.25, 0.3) is 10.9 Å². The number of rotatable bonds is 5. The maximum absolute atomic E-state index is 12.1. The minimum absolute atomic E-state index is 0.00229. The third kappa shape index (κ3) is 3.80. The normalized spacial score (nSPS) is 14.5. The Bertz CT molecular complexity index is 774. The van der Waals surface area contributed by atoms with E-state index in [0.717, 1.165) is 29.4 Å². The Morgan fingerprint density at radius 1 is 1.22 bits per heavy atom. The van der Waals surface area contributed by atoms with Crippen LogP contribution < -0.4 is 5.32 Å². The van der Waals surface area contributed by atoms with Crippen LogP contribution in [0.15, 0.2) is 42.1 Å². The molecule has 0 radical (unpaired) electrons. The predicted octanol–water partition coefficient (Wildman–Crippen LogP) is 3.55. The second-order valence-electron chi connectivity index (χ2n) is 5.94. The minimum Gasteiger partial charge on any atom is -0.480 e. The number of nitrogens with zero attached hydrogens (tertiary/aromatic N) is 1. The van der Waals surface area contributed by atoms with Crippen molar-refractivity contribution in [3.8, 4) is 0 Å². The van der Waals surface area contributed by atoms with E-state index in [9.17, 15) is 9.59 Å². The first-order chi connectivity index (χ1) is 11.1. The van der Waals surface area contributed by atoms with Gasteiger partial charge in [-0.2, -0.15) is 0 Å². The molecular formula is C18H20N2O3. The molecule has 0 atom stereocenters. The average molecular weight is 312 g/mol. The zero-order chi connectivity index (χ0) is 16.2. The van der Waals surface area contributed by atoms with Crippen molar-refractivity contribution in [3.05, 3.63) is 42.1 Å². The smallest absolute Gasteiger partial charge is 0.323 e. The van der Waals surface area contributed by atoms with Crippen LogP contribution in [-0.2, 0) is 16.1 Å². The first-order valence-electron chi connectivity index (χ1n) is 7.90. The lowest BCUT2D eigenvalue weighted by atomic mass is 9.97. The number of aliphatic carboxylic acids is 1. The van der Waals surface area contributed by atoms with Gasteiger partial charge in [0.25, 0.3) is 0 Å². The van der Waals surface area contributed by atoms with E-state index in [1.807, 2.05) is 24.3 Å². The second kappa shape index (κ2) is 6.69. The number of carbonyl (C=O) groups excluding carboxylic acids is 1. The van der Waals surface area contributed by atoms with Gasteiger partial charge in [-0.05, 0) is 49.9 Å². The molecule has 3 rings (SSSR count). The Balaban J connectivity index is 1.69. The van der Waals surface area contributed by atoms with Crippen molar-refractivity contribution in [2.24, 2.45) is 0 Å². The standard InChI is InChI=1S/C18H20N2O3/c21-17(10-13-4-2-1-3-5-13)19-15-6-7-16-14(11-15)8-9-20(16)12-18(22)23/h4,6-9,11H,1-3,5,10,12H2,(H,19,21)(H,22,23). The van der Waals surface area contributed by atoms with E-state index in [1.54, 1.807) is 10.8 Å². The van der Waals surface area contributed by atoms with Crippen LogP contribution >= 0.6 is 0 Å². The fourth-order valence-corrected chi connectivity index (χ4v) is 3.04. The number of allylic oxidation sites excluding steroid dienone is 1. The van der Waals surface area contributed by atoms with Gasteiger partial charge >= 0.3 is 5.97 Å². The quantitative estimate of drug-likeness (QED) is 0.829. The predicted molar refractivity (Wildman–Crippen MR) is 89.4 cm³/mol. The molecule has 1 aromatic carbocycles. The number of nitrogens with one attached hydrogen (secondary N) is 1. The molecule has 5 heteroatoms. The van der Waals surface area contributed by atoms with Crippen LogP contribution in [0.5, 0.6) is 0 Å². The summed E-state index contributed by atoms with van der Waals surface area (Å²) in [6.45, 7) is -0.0661. The van der Waals surface area contributed by atoms with Crippen LogP contribution in [0.4, 0.5) is 5.69 Å². The molecule has 120 valence electrons. The van der Waals surface area contributed by atoms with Gasteiger partial charge in [0.1, 0.15) is 6.54 Å². The van der Waals surface area contributed by atoms with Crippen LogP contribution in [0.1, 0.15) is 32.1 Å². The third-order valence-corrected chi connectivity index (χ3v) is 4.13. The largest absolute Gasteiger partial charge is 0.480 e. The summed E-state index contributed by atoms with van der Waals surface area (Å²) in [6, 6.07) is 7.39. The van der Waals surface area contributed by atoms with Crippen LogP contribution in [0.3, 0.4) is 0 Å². The molecule has 1 heterocycles. The fourth-order valence-electron chi connectivity index (χ4n) is 3.04. The summed E-state index contributed by atoms with van der Waals surface area (Å²) >= 11 is 0. The molecule has 1 aliphatic rings. The molecule has 0 unspecified atom stereocenters. The van der Waals surface area contributed by atoms with Gasteiger partial charge in [0.05, 0.1) is 0 Å². The number of carboxylic acids is 1. The molecule has 0 fully saturated rings. The summed E-state index contributed by atoms with van der Waals surface area (Å²) in [7, 11) is 0. The number of hydrogen-bond acceptors (Lipinski definition) is 2. The lowest BCUT2D eigenvalue weighted by Crippen LogP contribution is -2.13. The number of anilines is 1. The van der Waals surface area contributed by atoms with Crippen LogP contribution in [0, 0.1) is 0 Å². The third-order valence-electron chi connectivity index (χ3n) is 4.13. The van der Waals surface area contributed by atoms with Gasteiger partial charge in [-0.15, -0.1) is 0 Å². The van der Waals surface area contributed by atoms with Crippen molar-refractivity contribution in [1.82, 2.24) is 4.57 Å². The summed E-state index contributed by atoms with van der Waals surface area (Å²) in [4.78, 5) is 23.0. The van der Waals surface area contributed by atoms with Crippen molar-refractivity contribution in [1.29, 1.82) is 0 Å².